The van der Waals surface area contributed by atoms with Crippen LogP contribution in [0, 0.1) is 27.7 Å². The van der Waals surface area contributed by atoms with Crippen LogP contribution in [0.2, 0.25) is 0 Å². The van der Waals surface area contributed by atoms with Gasteiger partial charge in [-0.1, -0.05) is 171 Å². The van der Waals surface area contributed by atoms with Gasteiger partial charge in [0.1, 0.15) is 0 Å². The molecule has 6 aliphatic rings. The van der Waals surface area contributed by atoms with Crippen LogP contribution in [0.3, 0.4) is 0 Å². The molecule has 0 N–H and O–H groups in total. The third-order valence-electron chi connectivity index (χ3n) is 20.5. The molecule has 0 saturated heterocycles. The van der Waals surface area contributed by atoms with E-state index in [9.17, 15) is 0 Å². The number of nitrogens with zero attached hydrogens (tertiary/aromatic N) is 3. The van der Waals surface area contributed by atoms with Gasteiger partial charge in [-0.05, 0) is 182 Å². The van der Waals surface area contributed by atoms with Gasteiger partial charge in [-0.25, -0.2) is 0 Å². The summed E-state index contributed by atoms with van der Waals surface area (Å²) >= 11 is 0. The second kappa shape index (κ2) is 15.8. The molecule has 0 spiro atoms. The van der Waals surface area contributed by atoms with Crippen molar-refractivity contribution in [2.45, 2.75) is 187 Å². The minimum atomic E-state index is -0.144. The van der Waals surface area contributed by atoms with E-state index < -0.39 is 0 Å². The number of benzene rings is 7. The maximum Gasteiger partial charge on any atom is 0.0545 e. The Hall–Kier alpha value is -6.06. The third kappa shape index (κ3) is 6.37. The standard InChI is InChI=1S/C71H79N3/c1-43-34-44(2)36-49(35-43)48-24-28-57-55(38-48)68(11)30-18-20-32-70(68,13)73(57)52-41-59-63-60(42-52)74-65-61(45(3)37-46(4)64(65)69(12)31-19-21-33-71(69,74)14)62(63)53-27-25-51(67(8,9)10)40-58(53)72(59)56-29-26-50(66(5,6)7)39-54(56)47-22-16-15-17-23-47/h15-17,22-29,34-42,62H,18-21,30-33H2,1-14H3. The first kappa shape index (κ1) is 47.6. The molecule has 0 radical (unpaired) electrons. The topological polar surface area (TPSA) is 9.72 Å². The smallest absolute Gasteiger partial charge is 0.0545 e. The first-order valence-electron chi connectivity index (χ1n) is 28.4. The first-order valence-corrected chi connectivity index (χ1v) is 28.4. The molecule has 0 amide bonds. The van der Waals surface area contributed by atoms with Gasteiger partial charge in [-0.15, -0.1) is 0 Å². The van der Waals surface area contributed by atoms with Crippen LogP contribution in [0.5, 0.6) is 0 Å². The molecule has 2 fully saturated rings. The molecule has 3 nitrogen and oxygen atoms in total. The molecule has 7 aromatic rings. The number of aryl methyl sites for hydroxylation is 4. The number of anilines is 7. The zero-order chi connectivity index (χ0) is 51.8. The average molecular weight is 974 g/mol. The Morgan fingerprint density at radius 2 is 1.07 bits per heavy atom. The molecule has 7 aromatic carbocycles. The number of hydrogen-bond donors (Lipinski definition) is 0. The molecule has 5 atom stereocenters. The highest BCUT2D eigenvalue weighted by atomic mass is 15.3. The van der Waals surface area contributed by atoms with Crippen LogP contribution in [0.25, 0.3) is 22.3 Å². The van der Waals surface area contributed by atoms with Crippen molar-refractivity contribution in [1.82, 2.24) is 0 Å². The number of rotatable bonds is 4. The van der Waals surface area contributed by atoms with Gasteiger partial charge in [-0.2, -0.15) is 0 Å². The van der Waals surface area contributed by atoms with Gasteiger partial charge in [0.25, 0.3) is 0 Å². The Bertz CT molecular complexity index is 3490. The van der Waals surface area contributed by atoms with Gasteiger partial charge in [0, 0.05) is 39.2 Å². The molecular formula is C71H79N3. The highest BCUT2D eigenvalue weighted by Crippen LogP contribution is 2.71. The summed E-state index contributed by atoms with van der Waals surface area (Å²) in [4.78, 5) is 8.62. The largest absolute Gasteiger partial charge is 0.334 e. The highest BCUT2D eigenvalue weighted by Gasteiger charge is 2.63. The second-order valence-electron chi connectivity index (χ2n) is 27.1. The van der Waals surface area contributed by atoms with E-state index in [0.717, 1.165) is 6.42 Å². The van der Waals surface area contributed by atoms with Gasteiger partial charge >= 0.3 is 0 Å². The lowest BCUT2D eigenvalue weighted by Crippen LogP contribution is -2.56. The van der Waals surface area contributed by atoms with Crippen molar-refractivity contribution in [3.63, 3.8) is 0 Å². The van der Waals surface area contributed by atoms with Crippen LogP contribution in [-0.4, -0.2) is 11.1 Å². The Balaban J connectivity index is 1.17. The van der Waals surface area contributed by atoms with Crippen LogP contribution < -0.4 is 14.7 Å². The Morgan fingerprint density at radius 3 is 1.76 bits per heavy atom. The SMILES string of the molecule is Cc1cc(C)cc(-c2ccc3c(c2)C2(C)CCCCC2(C)N3c2cc3c4c(c2)N2c5c(c(C)cc(C)c5C5(C)CCCCC25C)C4c2ccc(C(C)(C)C)cc2N3c2ccc(C(C)(C)C)cc2-c2ccccc2)c1. The summed E-state index contributed by atoms with van der Waals surface area (Å²) in [6.45, 7) is 34.1. The molecule has 4 heterocycles. The lowest BCUT2D eigenvalue weighted by molar-refractivity contribution is 0.193. The van der Waals surface area contributed by atoms with Gasteiger partial charge in [0.05, 0.1) is 39.5 Å². The normalized spacial score (nSPS) is 25.3. The number of hydrogen-bond acceptors (Lipinski definition) is 3. The lowest BCUT2D eigenvalue weighted by Gasteiger charge is -2.54. The van der Waals surface area contributed by atoms with Gasteiger partial charge in [-0.3, -0.25) is 0 Å². The number of fused-ring (bicyclic) bond motifs is 10. The van der Waals surface area contributed by atoms with Crippen molar-refractivity contribution in [1.29, 1.82) is 0 Å². The highest BCUT2D eigenvalue weighted by molar-refractivity contribution is 6.02. The summed E-state index contributed by atoms with van der Waals surface area (Å²) < 4.78 is 0. The quantitative estimate of drug-likeness (QED) is 0.174. The van der Waals surface area contributed by atoms with E-state index >= 15 is 0 Å². The average Bonchev–Trinajstić information content (AvgIpc) is 3.94. The molecule has 4 aliphatic heterocycles. The monoisotopic (exact) mass is 974 g/mol. The van der Waals surface area contributed by atoms with Crippen molar-refractivity contribution in [2.75, 3.05) is 14.7 Å². The van der Waals surface area contributed by atoms with Crippen LogP contribution >= 0.6 is 0 Å². The molecule has 13 rings (SSSR count). The lowest BCUT2D eigenvalue weighted by atomic mass is 9.61. The molecule has 5 unspecified atom stereocenters. The second-order valence-corrected chi connectivity index (χ2v) is 27.1. The Labute approximate surface area is 444 Å². The summed E-state index contributed by atoms with van der Waals surface area (Å²) in [7, 11) is 0. The fraction of sp³-hybridized carbons (Fsp3) is 0.408. The first-order chi connectivity index (χ1) is 35.1. The van der Waals surface area contributed by atoms with Crippen LogP contribution in [0.15, 0.2) is 121 Å². The van der Waals surface area contributed by atoms with Crippen molar-refractivity contribution >= 4 is 39.8 Å². The van der Waals surface area contributed by atoms with E-state index in [4.69, 9.17) is 0 Å². The summed E-state index contributed by atoms with van der Waals surface area (Å²) in [5, 5.41) is 0. The zero-order valence-electron chi connectivity index (χ0n) is 47.1. The molecular weight excluding hydrogens is 895 g/mol. The van der Waals surface area contributed by atoms with E-state index in [-0.39, 0.29) is 38.7 Å². The molecule has 2 aliphatic carbocycles. The molecule has 0 bridgehead atoms. The molecule has 378 valence electrons. The van der Waals surface area contributed by atoms with Gasteiger partial charge in [0.2, 0.25) is 0 Å². The predicted molar refractivity (Wildman–Crippen MR) is 315 cm³/mol. The van der Waals surface area contributed by atoms with Gasteiger partial charge < -0.3 is 14.7 Å². The minimum absolute atomic E-state index is 0.00405. The van der Waals surface area contributed by atoms with Crippen molar-refractivity contribution < 1.29 is 0 Å². The zero-order valence-corrected chi connectivity index (χ0v) is 47.1. The maximum absolute atomic E-state index is 2.98. The summed E-state index contributed by atoms with van der Waals surface area (Å²) in [5.74, 6) is 0.0723. The molecule has 74 heavy (non-hydrogen) atoms. The van der Waals surface area contributed by atoms with E-state index in [0.29, 0.717) is 0 Å². The van der Waals surface area contributed by atoms with Crippen molar-refractivity contribution in [3.05, 3.63) is 183 Å². The predicted octanol–water partition coefficient (Wildman–Crippen LogP) is 19.6. The third-order valence-corrected chi connectivity index (χ3v) is 20.5. The van der Waals surface area contributed by atoms with E-state index in [1.54, 1.807) is 5.56 Å². The van der Waals surface area contributed by atoms with Gasteiger partial charge in [0.15, 0.2) is 0 Å². The fourth-order valence-corrected chi connectivity index (χ4v) is 16.4. The summed E-state index contributed by atoms with van der Waals surface area (Å²) in [6, 6.07) is 48.9. The van der Waals surface area contributed by atoms with E-state index in [1.165, 1.54) is 163 Å². The van der Waals surface area contributed by atoms with Crippen molar-refractivity contribution in [2.24, 2.45) is 0 Å². The summed E-state index contributed by atoms with van der Waals surface area (Å²) in [5.41, 5.74) is 30.1. The van der Waals surface area contributed by atoms with Crippen LogP contribution in [0.4, 0.5) is 39.8 Å². The Morgan fingerprint density at radius 1 is 0.459 bits per heavy atom. The van der Waals surface area contributed by atoms with Crippen LogP contribution in [-0.2, 0) is 21.7 Å². The minimum Gasteiger partial charge on any atom is -0.334 e. The van der Waals surface area contributed by atoms with Crippen molar-refractivity contribution in [3.8, 4) is 22.3 Å². The molecule has 3 heteroatoms. The summed E-state index contributed by atoms with van der Waals surface area (Å²) in [6.07, 6.45) is 9.70. The van der Waals surface area contributed by atoms with Crippen LogP contribution in [0.1, 0.15) is 188 Å². The van der Waals surface area contributed by atoms with E-state index in [1.807, 2.05) is 0 Å². The Kier molecular flexibility index (Phi) is 10.1. The van der Waals surface area contributed by atoms with E-state index in [2.05, 4.69) is 233 Å². The fourth-order valence-electron chi connectivity index (χ4n) is 16.4. The molecule has 2 saturated carbocycles. The maximum atomic E-state index is 2.98. The molecule has 0 aromatic heterocycles.